The molecule has 0 aromatic heterocycles. The maximum atomic E-state index is 14.0. The normalized spacial score (nSPS) is 15.7. The molecule has 1 aliphatic rings. The van der Waals surface area contributed by atoms with Gasteiger partial charge in [0.25, 0.3) is 0 Å². The van der Waals surface area contributed by atoms with Crippen molar-refractivity contribution in [2.75, 3.05) is 18.0 Å². The number of hydrogen-bond donors (Lipinski definition) is 0. The number of nitrogens with zero attached hydrogens (tertiary/aromatic N) is 1. The van der Waals surface area contributed by atoms with Crippen molar-refractivity contribution in [3.8, 4) is 0 Å². The zero-order valence-electron chi connectivity index (χ0n) is 10.3. The molecule has 0 bridgehead atoms. The fourth-order valence-electron chi connectivity index (χ4n) is 2.27. The smallest absolute Gasteiger partial charge is 0.146 e. The Kier molecular flexibility index (Phi) is 4.43. The van der Waals surface area contributed by atoms with Crippen molar-refractivity contribution in [2.45, 2.75) is 31.5 Å². The Balaban J connectivity index is 2.11. The Labute approximate surface area is 111 Å². The molecule has 1 fully saturated rings. The molecule has 1 aromatic carbocycles. The lowest BCUT2D eigenvalue weighted by Gasteiger charge is -2.33. The van der Waals surface area contributed by atoms with E-state index in [0.717, 1.165) is 30.3 Å². The summed E-state index contributed by atoms with van der Waals surface area (Å²) < 4.78 is 14.0. The molecule has 0 saturated heterocycles. The zero-order valence-corrected chi connectivity index (χ0v) is 11.8. The van der Waals surface area contributed by atoms with Gasteiger partial charge in [-0.1, -0.05) is 28.4 Å². The van der Waals surface area contributed by atoms with Crippen molar-refractivity contribution < 1.29 is 4.39 Å². The molecule has 1 nitrogen and oxygen atoms in total. The SMILES string of the molecule is CCN(CC1CCC1)c1ccc(CBr)cc1F. The molecule has 0 atom stereocenters. The molecule has 17 heavy (non-hydrogen) atoms. The summed E-state index contributed by atoms with van der Waals surface area (Å²) in [5.74, 6) is 0.674. The second-order valence-electron chi connectivity index (χ2n) is 4.75. The highest BCUT2D eigenvalue weighted by atomic mass is 79.9. The predicted molar refractivity (Wildman–Crippen MR) is 74.3 cm³/mol. The van der Waals surface area contributed by atoms with E-state index in [4.69, 9.17) is 0 Å². The van der Waals surface area contributed by atoms with Crippen LogP contribution in [-0.4, -0.2) is 13.1 Å². The van der Waals surface area contributed by atoms with E-state index in [2.05, 4.69) is 27.8 Å². The van der Waals surface area contributed by atoms with Gasteiger partial charge in [0.05, 0.1) is 5.69 Å². The molecule has 0 N–H and O–H groups in total. The molecule has 1 aliphatic carbocycles. The first-order valence-electron chi connectivity index (χ1n) is 6.34. The number of halogens is 2. The van der Waals surface area contributed by atoms with Gasteiger partial charge in [0.2, 0.25) is 0 Å². The Hall–Kier alpha value is -0.570. The summed E-state index contributed by atoms with van der Waals surface area (Å²) in [7, 11) is 0. The maximum Gasteiger partial charge on any atom is 0.146 e. The number of alkyl halides is 1. The fourth-order valence-corrected chi connectivity index (χ4v) is 2.62. The Morgan fingerprint density at radius 1 is 1.41 bits per heavy atom. The first kappa shape index (κ1) is 12.9. The molecule has 2 rings (SSSR count). The van der Waals surface area contributed by atoms with E-state index in [0.29, 0.717) is 5.33 Å². The molecule has 0 amide bonds. The van der Waals surface area contributed by atoms with E-state index in [1.54, 1.807) is 6.07 Å². The van der Waals surface area contributed by atoms with Gasteiger partial charge in [-0.15, -0.1) is 0 Å². The van der Waals surface area contributed by atoms with Crippen LogP contribution in [0.1, 0.15) is 31.7 Å². The molecular weight excluding hydrogens is 281 g/mol. The second-order valence-corrected chi connectivity index (χ2v) is 5.32. The van der Waals surface area contributed by atoms with Crippen molar-refractivity contribution >= 4 is 21.6 Å². The maximum absolute atomic E-state index is 14.0. The predicted octanol–water partition coefficient (Wildman–Crippen LogP) is 4.35. The standard InChI is InChI=1S/C14H19BrFN/c1-2-17(10-11-4-3-5-11)14-7-6-12(9-15)8-13(14)16/h6-8,11H,2-5,9-10H2,1H3. The summed E-state index contributed by atoms with van der Waals surface area (Å²) in [5.41, 5.74) is 1.75. The summed E-state index contributed by atoms with van der Waals surface area (Å²) in [4.78, 5) is 2.16. The van der Waals surface area contributed by atoms with Gasteiger partial charge in [-0.2, -0.15) is 0 Å². The summed E-state index contributed by atoms with van der Waals surface area (Å²) in [6.45, 7) is 3.97. The van der Waals surface area contributed by atoms with E-state index in [1.165, 1.54) is 19.3 Å². The van der Waals surface area contributed by atoms with Gasteiger partial charge in [0.1, 0.15) is 5.82 Å². The molecular formula is C14H19BrFN. The van der Waals surface area contributed by atoms with Gasteiger partial charge in [0.15, 0.2) is 0 Å². The lowest BCUT2D eigenvalue weighted by molar-refractivity contribution is 0.318. The lowest BCUT2D eigenvalue weighted by atomic mass is 9.85. The van der Waals surface area contributed by atoms with E-state index < -0.39 is 0 Å². The summed E-state index contributed by atoms with van der Waals surface area (Å²) in [6.07, 6.45) is 3.95. The first-order valence-corrected chi connectivity index (χ1v) is 7.46. The second kappa shape index (κ2) is 5.85. The molecule has 0 unspecified atom stereocenters. The number of benzene rings is 1. The molecule has 0 spiro atoms. The molecule has 3 heteroatoms. The number of anilines is 1. The average molecular weight is 300 g/mol. The fraction of sp³-hybridized carbons (Fsp3) is 0.571. The van der Waals surface area contributed by atoms with Crippen molar-refractivity contribution in [1.82, 2.24) is 0 Å². The van der Waals surface area contributed by atoms with E-state index in [-0.39, 0.29) is 5.82 Å². The lowest BCUT2D eigenvalue weighted by Crippen LogP contribution is -2.33. The Morgan fingerprint density at radius 2 is 2.18 bits per heavy atom. The van der Waals surface area contributed by atoms with Gasteiger partial charge >= 0.3 is 0 Å². The van der Waals surface area contributed by atoms with Crippen LogP contribution in [0.25, 0.3) is 0 Å². The van der Waals surface area contributed by atoms with Crippen molar-refractivity contribution in [3.05, 3.63) is 29.6 Å². The Bertz CT molecular complexity index is 376. The minimum absolute atomic E-state index is 0.0943. The third-order valence-corrected chi connectivity index (χ3v) is 4.24. The van der Waals surface area contributed by atoms with Crippen LogP contribution >= 0.6 is 15.9 Å². The quantitative estimate of drug-likeness (QED) is 0.731. The third kappa shape index (κ3) is 3.01. The summed E-state index contributed by atoms with van der Waals surface area (Å²) >= 11 is 3.35. The van der Waals surface area contributed by atoms with Crippen LogP contribution in [-0.2, 0) is 5.33 Å². The minimum atomic E-state index is -0.0943. The first-order chi connectivity index (χ1) is 8.24. The van der Waals surface area contributed by atoms with Gasteiger partial charge < -0.3 is 4.90 Å². The van der Waals surface area contributed by atoms with Crippen LogP contribution in [0.15, 0.2) is 18.2 Å². The molecule has 1 aromatic rings. The van der Waals surface area contributed by atoms with Crippen molar-refractivity contribution in [1.29, 1.82) is 0 Å². The Morgan fingerprint density at radius 3 is 2.65 bits per heavy atom. The zero-order chi connectivity index (χ0) is 12.3. The molecule has 0 heterocycles. The van der Waals surface area contributed by atoms with E-state index in [9.17, 15) is 4.39 Å². The highest BCUT2D eigenvalue weighted by Crippen LogP contribution is 2.30. The largest absolute Gasteiger partial charge is 0.369 e. The van der Waals surface area contributed by atoms with Gasteiger partial charge in [-0.05, 0) is 43.4 Å². The molecule has 0 aliphatic heterocycles. The average Bonchev–Trinajstić information content (AvgIpc) is 2.29. The van der Waals surface area contributed by atoms with Crippen LogP contribution in [0.3, 0.4) is 0 Å². The molecule has 94 valence electrons. The number of rotatable bonds is 5. The van der Waals surface area contributed by atoms with E-state index in [1.807, 2.05) is 12.1 Å². The van der Waals surface area contributed by atoms with E-state index >= 15 is 0 Å². The number of hydrogen-bond acceptors (Lipinski definition) is 1. The third-order valence-electron chi connectivity index (χ3n) is 3.59. The summed E-state index contributed by atoms with van der Waals surface area (Å²) in [6, 6.07) is 5.54. The topological polar surface area (TPSA) is 3.24 Å². The summed E-state index contributed by atoms with van der Waals surface area (Å²) in [5, 5.41) is 0.707. The molecule has 1 saturated carbocycles. The van der Waals surface area contributed by atoms with Crippen LogP contribution in [0, 0.1) is 11.7 Å². The minimum Gasteiger partial charge on any atom is -0.369 e. The highest BCUT2D eigenvalue weighted by molar-refractivity contribution is 9.08. The van der Waals surface area contributed by atoms with Gasteiger partial charge in [-0.3, -0.25) is 0 Å². The van der Waals surface area contributed by atoms with Crippen LogP contribution in [0.4, 0.5) is 10.1 Å². The van der Waals surface area contributed by atoms with Crippen molar-refractivity contribution in [3.63, 3.8) is 0 Å². The molecule has 0 radical (unpaired) electrons. The monoisotopic (exact) mass is 299 g/mol. The van der Waals surface area contributed by atoms with Gasteiger partial charge in [-0.25, -0.2) is 4.39 Å². The van der Waals surface area contributed by atoms with Crippen LogP contribution in [0.5, 0.6) is 0 Å². The van der Waals surface area contributed by atoms with Crippen molar-refractivity contribution in [2.24, 2.45) is 5.92 Å². The van der Waals surface area contributed by atoms with Crippen LogP contribution < -0.4 is 4.90 Å². The highest BCUT2D eigenvalue weighted by Gasteiger charge is 2.21. The van der Waals surface area contributed by atoms with Crippen LogP contribution in [0.2, 0.25) is 0 Å². The van der Waals surface area contributed by atoms with Gasteiger partial charge in [0, 0.05) is 18.4 Å².